The molecule has 1 aromatic heterocycles. The molecule has 2 aromatic rings. The van der Waals surface area contributed by atoms with Gasteiger partial charge >= 0.3 is 6.09 Å². The molecule has 0 fully saturated rings. The number of aryl methyl sites for hydroxylation is 1. The summed E-state index contributed by atoms with van der Waals surface area (Å²) in [7, 11) is 0. The van der Waals surface area contributed by atoms with Crippen LogP contribution in [0.3, 0.4) is 0 Å². The van der Waals surface area contributed by atoms with Crippen LogP contribution in [-0.4, -0.2) is 47.5 Å². The topological polar surface area (TPSA) is 140 Å². The van der Waals surface area contributed by atoms with Crippen molar-refractivity contribution in [2.75, 3.05) is 6.54 Å². The van der Waals surface area contributed by atoms with E-state index in [1.807, 2.05) is 50.2 Å². The fourth-order valence-electron chi connectivity index (χ4n) is 3.77. The SMILES string of the molecule is CC(C)CC(NC(=O)OCc1ccccc1)C(=O)NC1CCCc2cc(on2)CCNC(=O)C1=O. The Bertz CT molecular complexity index is 1020. The van der Waals surface area contributed by atoms with Crippen LogP contribution in [0, 0.1) is 5.92 Å². The van der Waals surface area contributed by atoms with Gasteiger partial charge in [-0.1, -0.05) is 49.3 Å². The third kappa shape index (κ3) is 8.24. The van der Waals surface area contributed by atoms with Crippen LogP contribution < -0.4 is 16.0 Å². The van der Waals surface area contributed by atoms with E-state index in [0.29, 0.717) is 31.4 Å². The monoisotopic (exact) mass is 484 g/mol. The summed E-state index contributed by atoms with van der Waals surface area (Å²) in [6.45, 7) is 4.11. The number of hydrogen-bond donors (Lipinski definition) is 3. The Kier molecular flexibility index (Phi) is 9.39. The van der Waals surface area contributed by atoms with Crippen LogP contribution in [0.25, 0.3) is 0 Å². The Balaban J connectivity index is 1.63. The molecule has 1 aliphatic rings. The maximum absolute atomic E-state index is 13.1. The highest BCUT2D eigenvalue weighted by Crippen LogP contribution is 2.12. The zero-order chi connectivity index (χ0) is 25.2. The number of benzene rings is 1. The molecular formula is C25H32N4O6. The maximum Gasteiger partial charge on any atom is 0.408 e. The van der Waals surface area contributed by atoms with Crippen molar-refractivity contribution in [3.05, 3.63) is 53.4 Å². The molecule has 2 heterocycles. The van der Waals surface area contributed by atoms with Gasteiger partial charge < -0.3 is 25.2 Å². The zero-order valence-electron chi connectivity index (χ0n) is 20.0. The third-order valence-electron chi connectivity index (χ3n) is 5.58. The van der Waals surface area contributed by atoms with Gasteiger partial charge in [0.05, 0.1) is 11.7 Å². The maximum atomic E-state index is 13.1. The van der Waals surface area contributed by atoms with Crippen molar-refractivity contribution in [1.29, 1.82) is 0 Å². The van der Waals surface area contributed by atoms with Crippen molar-refractivity contribution in [2.45, 2.75) is 64.6 Å². The van der Waals surface area contributed by atoms with Crippen LogP contribution in [0.5, 0.6) is 0 Å². The Hall–Kier alpha value is -3.69. The number of carbonyl (C=O) groups is 4. The van der Waals surface area contributed by atoms with E-state index in [1.54, 1.807) is 0 Å². The lowest BCUT2D eigenvalue weighted by molar-refractivity contribution is -0.140. The number of carbonyl (C=O) groups excluding carboxylic acids is 4. The molecular weight excluding hydrogens is 452 g/mol. The fourth-order valence-corrected chi connectivity index (χ4v) is 3.77. The number of hydrogen-bond acceptors (Lipinski definition) is 7. The first kappa shape index (κ1) is 25.9. The van der Waals surface area contributed by atoms with Crippen LogP contribution in [0.2, 0.25) is 0 Å². The average molecular weight is 485 g/mol. The van der Waals surface area contributed by atoms with Gasteiger partial charge in [0.2, 0.25) is 11.7 Å². The summed E-state index contributed by atoms with van der Waals surface area (Å²) in [6.07, 6.45) is 1.31. The van der Waals surface area contributed by atoms with Crippen molar-refractivity contribution >= 4 is 23.7 Å². The number of fused-ring (bicyclic) bond motifs is 2. The average Bonchev–Trinajstić information content (AvgIpc) is 3.28. The molecule has 3 N–H and O–H groups in total. The van der Waals surface area contributed by atoms with Gasteiger partial charge in [0.25, 0.3) is 5.91 Å². The molecule has 10 nitrogen and oxygen atoms in total. The number of aromatic nitrogens is 1. The van der Waals surface area contributed by atoms with Crippen molar-refractivity contribution in [3.8, 4) is 0 Å². The second-order valence-corrected chi connectivity index (χ2v) is 9.00. The molecule has 1 aromatic carbocycles. The van der Waals surface area contributed by atoms with Gasteiger partial charge in [-0.3, -0.25) is 14.4 Å². The van der Waals surface area contributed by atoms with Gasteiger partial charge in [0.15, 0.2) is 0 Å². The molecule has 10 heteroatoms. The Morgan fingerprint density at radius 3 is 2.71 bits per heavy atom. The van der Waals surface area contributed by atoms with Crippen molar-refractivity contribution in [1.82, 2.24) is 21.1 Å². The van der Waals surface area contributed by atoms with Crippen molar-refractivity contribution in [2.24, 2.45) is 5.92 Å². The van der Waals surface area contributed by atoms with E-state index in [2.05, 4.69) is 21.1 Å². The van der Waals surface area contributed by atoms with Crippen molar-refractivity contribution < 1.29 is 28.4 Å². The third-order valence-corrected chi connectivity index (χ3v) is 5.58. The zero-order valence-corrected chi connectivity index (χ0v) is 20.0. The highest BCUT2D eigenvalue weighted by Gasteiger charge is 2.31. The molecule has 188 valence electrons. The largest absolute Gasteiger partial charge is 0.445 e. The standard InChI is InChI=1S/C25H32N4O6/c1-16(2)13-21(28-25(33)34-15-17-7-4-3-5-8-17)23(31)27-20-10-6-9-18-14-19(35-29-18)11-12-26-24(32)22(20)30/h3-5,7-8,14,16,20-21H,6,9-13,15H2,1-2H3,(H,26,32)(H,27,31)(H,28,33). The lowest BCUT2D eigenvalue weighted by atomic mass is 10.00. The Labute approximate surface area is 204 Å². The van der Waals surface area contributed by atoms with Crippen LogP contribution in [0.15, 0.2) is 40.9 Å². The normalized spacial score (nSPS) is 17.5. The molecule has 0 aliphatic carbocycles. The Morgan fingerprint density at radius 2 is 1.97 bits per heavy atom. The summed E-state index contributed by atoms with van der Waals surface area (Å²) in [6, 6.07) is 9.06. The first-order chi connectivity index (χ1) is 16.8. The molecule has 3 amide bonds. The van der Waals surface area contributed by atoms with E-state index in [0.717, 1.165) is 11.3 Å². The smallest absolute Gasteiger partial charge is 0.408 e. The number of alkyl carbamates (subject to hydrolysis) is 1. The van der Waals surface area contributed by atoms with Gasteiger partial charge in [-0.2, -0.15) is 0 Å². The highest BCUT2D eigenvalue weighted by atomic mass is 16.5. The molecule has 3 rings (SSSR count). The second-order valence-electron chi connectivity index (χ2n) is 9.00. The molecule has 0 spiro atoms. The number of ether oxygens (including phenoxy) is 1. The quantitative estimate of drug-likeness (QED) is 0.511. The van der Waals surface area contributed by atoms with Crippen LogP contribution >= 0.6 is 0 Å². The van der Waals surface area contributed by atoms with Gasteiger partial charge in [0.1, 0.15) is 18.4 Å². The molecule has 0 saturated carbocycles. The van der Waals surface area contributed by atoms with Gasteiger partial charge in [-0.25, -0.2) is 4.79 Å². The van der Waals surface area contributed by atoms with Crippen molar-refractivity contribution in [3.63, 3.8) is 0 Å². The summed E-state index contributed by atoms with van der Waals surface area (Å²) in [5, 5.41) is 11.8. The number of amides is 3. The van der Waals surface area contributed by atoms with Crippen LogP contribution in [0.4, 0.5) is 4.79 Å². The summed E-state index contributed by atoms with van der Waals surface area (Å²) < 4.78 is 10.5. The number of nitrogens with one attached hydrogen (secondary N) is 3. The predicted octanol–water partition coefficient (Wildman–Crippen LogP) is 2.06. The minimum absolute atomic E-state index is 0.0632. The first-order valence-electron chi connectivity index (χ1n) is 11.9. The van der Waals surface area contributed by atoms with E-state index in [9.17, 15) is 19.2 Å². The van der Waals surface area contributed by atoms with Gasteiger partial charge in [-0.15, -0.1) is 0 Å². The molecule has 0 saturated heterocycles. The number of rotatable bonds is 7. The van der Waals surface area contributed by atoms with Gasteiger partial charge in [0, 0.05) is 19.0 Å². The number of ketones is 1. The van der Waals surface area contributed by atoms with Gasteiger partial charge in [-0.05, 0) is 37.2 Å². The molecule has 1 aliphatic heterocycles. The Morgan fingerprint density at radius 1 is 1.20 bits per heavy atom. The van der Waals surface area contributed by atoms with Crippen LogP contribution in [0.1, 0.15) is 50.1 Å². The van der Waals surface area contributed by atoms with E-state index in [1.165, 1.54) is 0 Å². The lowest BCUT2D eigenvalue weighted by Crippen LogP contribution is -2.54. The highest BCUT2D eigenvalue weighted by molar-refractivity contribution is 6.38. The first-order valence-corrected chi connectivity index (χ1v) is 11.9. The van der Waals surface area contributed by atoms with E-state index in [4.69, 9.17) is 9.26 Å². The molecule has 2 unspecified atom stereocenters. The molecule has 35 heavy (non-hydrogen) atoms. The lowest BCUT2D eigenvalue weighted by Gasteiger charge is -2.23. The molecule has 2 bridgehead atoms. The molecule has 0 radical (unpaired) electrons. The minimum Gasteiger partial charge on any atom is -0.445 e. The van der Waals surface area contributed by atoms with E-state index in [-0.39, 0.29) is 25.5 Å². The number of Topliss-reactive ketones (excluding diaryl/α,β-unsaturated/α-hetero) is 1. The van der Waals surface area contributed by atoms with E-state index < -0.39 is 35.8 Å². The summed E-state index contributed by atoms with van der Waals surface area (Å²) >= 11 is 0. The van der Waals surface area contributed by atoms with Crippen LogP contribution in [-0.2, 0) is 38.6 Å². The summed E-state index contributed by atoms with van der Waals surface area (Å²) in [5.74, 6) is -1.32. The predicted molar refractivity (Wildman–Crippen MR) is 126 cm³/mol. The summed E-state index contributed by atoms with van der Waals surface area (Å²) in [4.78, 5) is 50.6. The molecule has 2 atom stereocenters. The summed E-state index contributed by atoms with van der Waals surface area (Å²) in [5.41, 5.74) is 1.57. The second kappa shape index (κ2) is 12.7. The minimum atomic E-state index is -1.02. The fraction of sp³-hybridized carbons (Fsp3) is 0.480. The van der Waals surface area contributed by atoms with E-state index >= 15 is 0 Å². The number of nitrogens with zero attached hydrogens (tertiary/aromatic N) is 1.